The Kier molecular flexibility index (Phi) is 4.50. The Morgan fingerprint density at radius 2 is 1.93 bits per heavy atom. The molecule has 1 aliphatic rings. The van der Waals surface area contributed by atoms with Gasteiger partial charge in [0.1, 0.15) is 5.75 Å². The Balaban J connectivity index is 1.87. The van der Waals surface area contributed by atoms with E-state index in [2.05, 4.69) is 17.6 Å². The van der Waals surface area contributed by atoms with E-state index in [1.807, 2.05) is 30.3 Å². The second-order valence-electron chi connectivity index (χ2n) is 6.96. The Hall–Kier alpha value is -2.67. The molecule has 2 aromatic carbocycles. The van der Waals surface area contributed by atoms with Crippen LogP contribution in [-0.4, -0.2) is 32.4 Å². The molecule has 1 aliphatic heterocycles. The van der Waals surface area contributed by atoms with Crippen LogP contribution < -0.4 is 14.8 Å². The minimum Gasteiger partial charge on any atom is -0.497 e. The number of methoxy groups -OCH3 is 1. The van der Waals surface area contributed by atoms with Gasteiger partial charge in [0.2, 0.25) is 10.0 Å². The van der Waals surface area contributed by atoms with E-state index in [1.165, 1.54) is 4.31 Å². The van der Waals surface area contributed by atoms with Crippen LogP contribution in [0.3, 0.4) is 0 Å². The van der Waals surface area contributed by atoms with Gasteiger partial charge in [-0.15, -0.1) is 0 Å². The van der Waals surface area contributed by atoms with Gasteiger partial charge in [-0.25, -0.2) is 8.42 Å². The van der Waals surface area contributed by atoms with Crippen LogP contribution in [0.1, 0.15) is 19.4 Å². The van der Waals surface area contributed by atoms with Crippen molar-refractivity contribution >= 4 is 32.3 Å². The first-order valence-corrected chi connectivity index (χ1v) is 11.1. The Morgan fingerprint density at radius 3 is 2.61 bits per heavy atom. The molecule has 6 nitrogen and oxygen atoms in total. The average Bonchev–Trinajstić information content (AvgIpc) is 3.26. The summed E-state index contributed by atoms with van der Waals surface area (Å²) in [5, 5.41) is 0.994. The third-order valence-corrected chi connectivity index (χ3v) is 7.31. The van der Waals surface area contributed by atoms with Gasteiger partial charge in [0.05, 0.1) is 35.4 Å². The number of sulfonamides is 1. The van der Waals surface area contributed by atoms with Gasteiger partial charge in [0, 0.05) is 30.1 Å². The molecule has 0 aliphatic carbocycles. The van der Waals surface area contributed by atoms with Crippen molar-refractivity contribution in [2.24, 2.45) is 0 Å². The van der Waals surface area contributed by atoms with Gasteiger partial charge in [-0.05, 0) is 50.1 Å². The molecule has 2 heterocycles. The van der Waals surface area contributed by atoms with Gasteiger partial charge < -0.3 is 15.0 Å². The number of ether oxygens (including phenoxy) is 1. The van der Waals surface area contributed by atoms with E-state index in [0.717, 1.165) is 51.4 Å². The normalized spacial score (nSPS) is 13.9. The molecule has 0 spiro atoms. The molecule has 3 aromatic rings. The predicted octanol–water partition coefficient (Wildman–Crippen LogP) is 3.63. The highest BCUT2D eigenvalue weighted by Gasteiger charge is 2.28. The summed E-state index contributed by atoms with van der Waals surface area (Å²) in [4.78, 5) is 0. The summed E-state index contributed by atoms with van der Waals surface area (Å²) in [6.45, 7) is 5.03. The van der Waals surface area contributed by atoms with Crippen LogP contribution in [0.4, 0.5) is 11.4 Å². The van der Waals surface area contributed by atoms with E-state index in [1.54, 1.807) is 14.0 Å². The maximum Gasteiger partial charge on any atom is 0.234 e. The van der Waals surface area contributed by atoms with Crippen molar-refractivity contribution in [2.75, 3.05) is 29.4 Å². The van der Waals surface area contributed by atoms with Gasteiger partial charge >= 0.3 is 0 Å². The zero-order valence-corrected chi connectivity index (χ0v) is 17.2. The van der Waals surface area contributed by atoms with Gasteiger partial charge in [-0.2, -0.15) is 0 Å². The van der Waals surface area contributed by atoms with Crippen molar-refractivity contribution in [3.05, 3.63) is 42.0 Å². The standard InChI is InChI=1S/C21H25N3O3S/c1-4-23-19-13-16(27-3)7-8-17(19)20(22)21(23)15-6-9-18-14(12-15)10-11-24(18)28(25,26)5-2/h6-9,12-13H,4-5,10-11,22H2,1-3H3. The second-order valence-corrected chi connectivity index (χ2v) is 9.14. The third-order valence-electron chi connectivity index (χ3n) is 5.53. The lowest BCUT2D eigenvalue weighted by Crippen LogP contribution is -2.30. The number of rotatable bonds is 5. The van der Waals surface area contributed by atoms with Crippen molar-refractivity contribution < 1.29 is 13.2 Å². The summed E-state index contributed by atoms with van der Waals surface area (Å²) < 4.78 is 33.8. The Labute approximate surface area is 165 Å². The number of nitrogen functional groups attached to an aromatic ring is 1. The van der Waals surface area contributed by atoms with Crippen LogP contribution in [0, 0.1) is 0 Å². The van der Waals surface area contributed by atoms with Crippen LogP contribution >= 0.6 is 0 Å². The number of anilines is 2. The molecule has 148 valence electrons. The highest BCUT2D eigenvalue weighted by Crippen LogP contribution is 2.40. The first kappa shape index (κ1) is 18.7. The largest absolute Gasteiger partial charge is 0.497 e. The van der Waals surface area contributed by atoms with Crippen LogP contribution in [-0.2, 0) is 23.0 Å². The number of nitrogens with two attached hydrogens (primary N) is 1. The Morgan fingerprint density at radius 1 is 1.14 bits per heavy atom. The highest BCUT2D eigenvalue weighted by atomic mass is 32.2. The smallest absolute Gasteiger partial charge is 0.234 e. The van der Waals surface area contributed by atoms with Crippen LogP contribution in [0.5, 0.6) is 5.75 Å². The molecule has 0 unspecified atom stereocenters. The summed E-state index contributed by atoms with van der Waals surface area (Å²) >= 11 is 0. The minimum atomic E-state index is -3.25. The molecule has 0 radical (unpaired) electrons. The van der Waals surface area contributed by atoms with Crippen molar-refractivity contribution in [1.82, 2.24) is 4.57 Å². The van der Waals surface area contributed by atoms with Gasteiger partial charge in [-0.1, -0.05) is 6.07 Å². The van der Waals surface area contributed by atoms with E-state index in [4.69, 9.17) is 10.5 Å². The second kappa shape index (κ2) is 6.74. The zero-order valence-electron chi connectivity index (χ0n) is 16.4. The molecule has 0 saturated heterocycles. The first-order valence-electron chi connectivity index (χ1n) is 9.50. The van der Waals surface area contributed by atoms with Crippen LogP contribution in [0.25, 0.3) is 22.2 Å². The number of hydrogen-bond donors (Lipinski definition) is 1. The molecule has 0 saturated carbocycles. The lowest BCUT2D eigenvalue weighted by molar-refractivity contribution is 0.415. The van der Waals surface area contributed by atoms with E-state index in [9.17, 15) is 8.42 Å². The van der Waals surface area contributed by atoms with E-state index < -0.39 is 10.0 Å². The molecule has 1 aromatic heterocycles. The number of aryl methyl sites for hydroxylation is 1. The van der Waals surface area contributed by atoms with E-state index >= 15 is 0 Å². The maximum absolute atomic E-state index is 12.3. The van der Waals surface area contributed by atoms with Crippen LogP contribution in [0.15, 0.2) is 36.4 Å². The number of hydrogen-bond acceptors (Lipinski definition) is 4. The molecule has 28 heavy (non-hydrogen) atoms. The molecule has 7 heteroatoms. The number of benzene rings is 2. The number of aromatic nitrogens is 1. The predicted molar refractivity (Wildman–Crippen MR) is 115 cm³/mol. The highest BCUT2D eigenvalue weighted by molar-refractivity contribution is 7.92. The zero-order chi connectivity index (χ0) is 20.1. The molecule has 0 bridgehead atoms. The molecule has 0 atom stereocenters. The maximum atomic E-state index is 12.3. The van der Waals surface area contributed by atoms with Crippen LogP contribution in [0.2, 0.25) is 0 Å². The summed E-state index contributed by atoms with van der Waals surface area (Å²) in [6, 6.07) is 11.9. The van der Waals surface area contributed by atoms with Gasteiger partial charge in [0.25, 0.3) is 0 Å². The molecular formula is C21H25N3O3S. The summed E-state index contributed by atoms with van der Waals surface area (Å²) in [5.41, 5.74) is 12.1. The lowest BCUT2D eigenvalue weighted by Gasteiger charge is -2.18. The fourth-order valence-corrected chi connectivity index (χ4v) is 5.25. The SMILES string of the molecule is CCn1c(-c2ccc3c(c2)CCN3S(=O)(=O)CC)c(N)c2ccc(OC)cc21. The van der Waals surface area contributed by atoms with Crippen molar-refractivity contribution in [3.63, 3.8) is 0 Å². The molecule has 4 rings (SSSR count). The monoisotopic (exact) mass is 399 g/mol. The van der Waals surface area contributed by atoms with Crippen molar-refractivity contribution in [3.8, 4) is 17.0 Å². The lowest BCUT2D eigenvalue weighted by atomic mass is 10.0. The fraction of sp³-hybridized carbons (Fsp3) is 0.333. The quantitative estimate of drug-likeness (QED) is 0.711. The third kappa shape index (κ3) is 2.73. The number of nitrogens with zero attached hydrogens (tertiary/aromatic N) is 2. The molecular weight excluding hydrogens is 374 g/mol. The van der Waals surface area contributed by atoms with E-state index in [-0.39, 0.29) is 5.75 Å². The van der Waals surface area contributed by atoms with Gasteiger partial charge in [-0.3, -0.25) is 4.31 Å². The molecule has 2 N–H and O–H groups in total. The topological polar surface area (TPSA) is 77.6 Å². The summed E-state index contributed by atoms with van der Waals surface area (Å²) in [6.07, 6.45) is 0.711. The van der Waals surface area contributed by atoms with E-state index in [0.29, 0.717) is 13.0 Å². The van der Waals surface area contributed by atoms with Gasteiger partial charge in [0.15, 0.2) is 0 Å². The summed E-state index contributed by atoms with van der Waals surface area (Å²) in [5.74, 6) is 0.896. The summed E-state index contributed by atoms with van der Waals surface area (Å²) in [7, 11) is -1.59. The Bertz CT molecular complexity index is 1170. The van der Waals surface area contributed by atoms with Crippen molar-refractivity contribution in [1.29, 1.82) is 0 Å². The molecule has 0 fully saturated rings. The average molecular weight is 400 g/mol. The number of fused-ring (bicyclic) bond motifs is 2. The first-order chi connectivity index (χ1) is 13.4. The minimum absolute atomic E-state index is 0.104. The fourth-order valence-electron chi connectivity index (χ4n) is 4.09. The van der Waals surface area contributed by atoms with Crippen molar-refractivity contribution in [2.45, 2.75) is 26.8 Å². The molecule has 0 amide bonds.